The molecule has 0 aliphatic heterocycles. The molecule has 1 aromatic carbocycles. The molecule has 0 bridgehead atoms. The van der Waals surface area contributed by atoms with E-state index in [4.69, 9.17) is 4.74 Å². The normalized spacial score (nSPS) is 10.1. The number of ether oxygens (including phenoxy) is 2. The first-order valence-electron chi connectivity index (χ1n) is 4.94. The van der Waals surface area contributed by atoms with Crippen LogP contribution in [0.5, 0.6) is 5.75 Å². The second kappa shape index (κ2) is 6.37. The average molecular weight is 237 g/mol. The van der Waals surface area contributed by atoms with Crippen LogP contribution in [0.15, 0.2) is 23.2 Å². The van der Waals surface area contributed by atoms with Crippen LogP contribution >= 0.6 is 0 Å². The third-order valence-electron chi connectivity index (χ3n) is 2.04. The number of aliphatic imine (C=N–C) groups is 1. The number of amides is 1. The van der Waals surface area contributed by atoms with E-state index in [-0.39, 0.29) is 0 Å². The Kier molecular flexibility index (Phi) is 4.80. The molecule has 17 heavy (non-hydrogen) atoms. The third kappa shape index (κ3) is 3.67. The molecular formula is C11H15N3O3. The van der Waals surface area contributed by atoms with Crippen molar-refractivity contribution in [2.45, 2.75) is 0 Å². The van der Waals surface area contributed by atoms with Crippen LogP contribution in [0.2, 0.25) is 0 Å². The Labute approximate surface area is 99.6 Å². The number of hydrogen-bond donors (Lipinski definition) is 2. The molecule has 0 unspecified atom stereocenters. The van der Waals surface area contributed by atoms with E-state index in [1.807, 2.05) is 6.07 Å². The number of hydrogen-bond acceptors (Lipinski definition) is 5. The lowest BCUT2D eigenvalue weighted by Crippen LogP contribution is -2.20. The summed E-state index contributed by atoms with van der Waals surface area (Å²) in [7, 11) is 4.66. The Morgan fingerprint density at radius 2 is 2.18 bits per heavy atom. The fraction of sp³-hybridized carbons (Fsp3) is 0.273. The first kappa shape index (κ1) is 12.8. The fourth-order valence-electron chi connectivity index (χ4n) is 1.17. The molecule has 0 aliphatic rings. The Morgan fingerprint density at radius 3 is 2.76 bits per heavy atom. The van der Waals surface area contributed by atoms with Gasteiger partial charge in [-0.15, -0.1) is 0 Å². The highest BCUT2D eigenvalue weighted by Crippen LogP contribution is 2.28. The number of anilines is 1. The smallest absolute Gasteiger partial charge is 0.412 e. The van der Waals surface area contributed by atoms with Crippen LogP contribution in [0.1, 0.15) is 0 Å². The summed E-state index contributed by atoms with van der Waals surface area (Å²) >= 11 is 0. The second-order valence-electron chi connectivity index (χ2n) is 3.03. The van der Waals surface area contributed by atoms with Crippen LogP contribution in [0, 0.1) is 0 Å². The molecule has 0 heterocycles. The quantitative estimate of drug-likeness (QED) is 0.618. The van der Waals surface area contributed by atoms with E-state index < -0.39 is 6.09 Å². The van der Waals surface area contributed by atoms with Crippen molar-refractivity contribution in [3.8, 4) is 5.75 Å². The number of rotatable bonds is 4. The molecule has 6 heteroatoms. The van der Waals surface area contributed by atoms with Crippen LogP contribution in [0.25, 0.3) is 0 Å². The van der Waals surface area contributed by atoms with Gasteiger partial charge in [0, 0.05) is 13.1 Å². The van der Waals surface area contributed by atoms with Gasteiger partial charge in [-0.3, -0.25) is 5.32 Å². The molecule has 2 N–H and O–H groups in total. The Balaban J connectivity index is 2.79. The predicted octanol–water partition coefficient (Wildman–Crippen LogP) is 1.75. The molecule has 1 rings (SSSR count). The summed E-state index contributed by atoms with van der Waals surface area (Å²) in [6.45, 7) is 0. The van der Waals surface area contributed by atoms with Gasteiger partial charge in [-0.25, -0.2) is 9.79 Å². The van der Waals surface area contributed by atoms with Gasteiger partial charge in [-0.2, -0.15) is 0 Å². The summed E-state index contributed by atoms with van der Waals surface area (Å²) in [5.74, 6) is 0.731. The maximum absolute atomic E-state index is 10.8. The van der Waals surface area contributed by atoms with Crippen molar-refractivity contribution in [1.82, 2.24) is 5.32 Å². The predicted molar refractivity (Wildman–Crippen MR) is 66.2 cm³/mol. The molecule has 0 aliphatic carbocycles. The number of benzene rings is 1. The molecular weight excluding hydrogens is 222 g/mol. The minimum atomic E-state index is -0.562. The van der Waals surface area contributed by atoms with Crippen molar-refractivity contribution >= 4 is 23.8 Å². The zero-order chi connectivity index (χ0) is 12.7. The highest BCUT2D eigenvalue weighted by Gasteiger charge is 2.01. The number of nitrogens with one attached hydrogen (secondary N) is 2. The molecule has 6 nitrogen and oxygen atoms in total. The number of methoxy groups -OCH3 is 2. The van der Waals surface area contributed by atoms with Gasteiger partial charge >= 0.3 is 6.09 Å². The molecule has 0 aromatic heterocycles. The van der Waals surface area contributed by atoms with Gasteiger partial charge in [0.1, 0.15) is 5.75 Å². The largest absolute Gasteiger partial charge is 0.497 e. The molecule has 0 fully saturated rings. The number of carbonyl (C=O) groups excluding carboxylic acids is 1. The van der Waals surface area contributed by atoms with Gasteiger partial charge < -0.3 is 14.8 Å². The van der Waals surface area contributed by atoms with Crippen molar-refractivity contribution in [2.75, 3.05) is 26.6 Å². The highest BCUT2D eigenvalue weighted by molar-refractivity contribution is 5.84. The molecule has 92 valence electrons. The number of alkyl carbamates (subject to hydrolysis) is 1. The SMILES string of the molecule is CNc1cc(OC)ccc1N=CNC(=O)OC. The van der Waals surface area contributed by atoms with E-state index >= 15 is 0 Å². The highest BCUT2D eigenvalue weighted by atomic mass is 16.5. The van der Waals surface area contributed by atoms with E-state index in [2.05, 4.69) is 20.4 Å². The summed E-state index contributed by atoms with van der Waals surface area (Å²) in [5, 5.41) is 5.33. The maximum Gasteiger partial charge on any atom is 0.412 e. The summed E-state index contributed by atoms with van der Waals surface area (Å²) in [6.07, 6.45) is 0.711. The first-order chi connectivity index (χ1) is 8.21. The van der Waals surface area contributed by atoms with Crippen LogP contribution in [0.4, 0.5) is 16.2 Å². The molecule has 0 atom stereocenters. The fourth-order valence-corrected chi connectivity index (χ4v) is 1.17. The van der Waals surface area contributed by atoms with Gasteiger partial charge in [0.25, 0.3) is 0 Å². The minimum absolute atomic E-state index is 0.562. The van der Waals surface area contributed by atoms with Gasteiger partial charge in [0.15, 0.2) is 0 Å². The Morgan fingerprint density at radius 1 is 1.41 bits per heavy atom. The summed E-state index contributed by atoms with van der Waals surface area (Å²) in [5.41, 5.74) is 1.48. The van der Waals surface area contributed by atoms with E-state index in [0.717, 1.165) is 11.4 Å². The van der Waals surface area contributed by atoms with Gasteiger partial charge in [0.2, 0.25) is 0 Å². The molecule has 0 saturated heterocycles. The van der Waals surface area contributed by atoms with Gasteiger partial charge in [0.05, 0.1) is 31.9 Å². The summed E-state index contributed by atoms with van der Waals surface area (Å²) in [6, 6.07) is 5.37. The van der Waals surface area contributed by atoms with Crippen LogP contribution in [0.3, 0.4) is 0 Å². The van der Waals surface area contributed by atoms with Crippen LogP contribution in [-0.4, -0.2) is 33.7 Å². The molecule has 0 radical (unpaired) electrons. The van der Waals surface area contributed by atoms with E-state index in [1.54, 1.807) is 26.3 Å². The molecule has 1 aromatic rings. The van der Waals surface area contributed by atoms with Crippen LogP contribution in [-0.2, 0) is 4.74 Å². The monoisotopic (exact) mass is 237 g/mol. The minimum Gasteiger partial charge on any atom is -0.497 e. The van der Waals surface area contributed by atoms with Crippen molar-refractivity contribution in [1.29, 1.82) is 0 Å². The molecule has 0 saturated carbocycles. The molecule has 0 spiro atoms. The summed E-state index contributed by atoms with van der Waals surface area (Å²) in [4.78, 5) is 14.9. The van der Waals surface area contributed by atoms with Crippen molar-refractivity contribution < 1.29 is 14.3 Å². The maximum atomic E-state index is 10.8. The first-order valence-corrected chi connectivity index (χ1v) is 4.94. The average Bonchev–Trinajstić information content (AvgIpc) is 2.38. The molecule has 1 amide bonds. The number of nitrogens with zero attached hydrogens (tertiary/aromatic N) is 1. The third-order valence-corrected chi connectivity index (χ3v) is 2.04. The van der Waals surface area contributed by atoms with Gasteiger partial charge in [-0.05, 0) is 12.1 Å². The van der Waals surface area contributed by atoms with E-state index in [0.29, 0.717) is 5.69 Å². The zero-order valence-corrected chi connectivity index (χ0v) is 9.98. The lowest BCUT2D eigenvalue weighted by atomic mass is 10.2. The lowest BCUT2D eigenvalue weighted by Gasteiger charge is -2.07. The van der Waals surface area contributed by atoms with Crippen molar-refractivity contribution in [3.05, 3.63) is 18.2 Å². The standard InChI is InChI=1S/C11H15N3O3/c1-12-10-6-8(16-2)4-5-9(10)13-7-14-11(15)17-3/h4-7,12H,1-3H3,(H,13,14,15). The Hall–Kier alpha value is -2.24. The van der Waals surface area contributed by atoms with E-state index in [9.17, 15) is 4.79 Å². The van der Waals surface area contributed by atoms with Crippen molar-refractivity contribution in [2.24, 2.45) is 4.99 Å². The Bertz CT molecular complexity index is 418. The second-order valence-corrected chi connectivity index (χ2v) is 3.03. The van der Waals surface area contributed by atoms with Gasteiger partial charge in [-0.1, -0.05) is 0 Å². The summed E-state index contributed by atoms with van der Waals surface area (Å²) < 4.78 is 9.49. The number of carbonyl (C=O) groups is 1. The van der Waals surface area contributed by atoms with E-state index in [1.165, 1.54) is 13.4 Å². The van der Waals surface area contributed by atoms with Crippen LogP contribution < -0.4 is 15.4 Å². The van der Waals surface area contributed by atoms with Crippen molar-refractivity contribution in [3.63, 3.8) is 0 Å². The zero-order valence-electron chi connectivity index (χ0n) is 9.98. The topological polar surface area (TPSA) is 72.0 Å². The lowest BCUT2D eigenvalue weighted by molar-refractivity contribution is 0.177.